The molecule has 0 aromatic carbocycles. The van der Waals surface area contributed by atoms with Crippen LogP contribution in [0.1, 0.15) is 34.2 Å². The number of guanidine groups is 1. The highest BCUT2D eigenvalue weighted by molar-refractivity contribution is 7.12. The molecule has 0 saturated heterocycles. The molecule has 1 aliphatic heterocycles. The first-order valence-corrected chi connectivity index (χ1v) is 6.63. The van der Waals surface area contributed by atoms with Gasteiger partial charge >= 0.3 is 0 Å². The van der Waals surface area contributed by atoms with Gasteiger partial charge in [-0.15, -0.1) is 11.3 Å². The summed E-state index contributed by atoms with van der Waals surface area (Å²) in [6.07, 6.45) is 2.55. The smallest absolute Gasteiger partial charge is 0.192 e. The minimum Gasteiger partial charge on any atom is -0.370 e. The first kappa shape index (κ1) is 10.1. The van der Waals surface area contributed by atoms with Crippen LogP contribution in [0.2, 0.25) is 0 Å². The zero-order chi connectivity index (χ0) is 11.3. The summed E-state index contributed by atoms with van der Waals surface area (Å²) < 4.78 is 0. The van der Waals surface area contributed by atoms with Crippen molar-refractivity contribution in [3.63, 3.8) is 0 Å². The Hall–Kier alpha value is -1.03. The minimum atomic E-state index is 0.400. The van der Waals surface area contributed by atoms with Crippen molar-refractivity contribution < 1.29 is 0 Å². The number of thiophene rings is 1. The van der Waals surface area contributed by atoms with Gasteiger partial charge in [0.15, 0.2) is 5.96 Å². The molecule has 4 heteroatoms. The molecular weight excluding hydrogens is 218 g/mol. The third-order valence-electron chi connectivity index (χ3n) is 3.41. The highest BCUT2D eigenvalue weighted by atomic mass is 32.1. The molecule has 1 atom stereocenters. The predicted molar refractivity (Wildman–Crippen MR) is 67.9 cm³/mol. The van der Waals surface area contributed by atoms with E-state index in [1.165, 1.54) is 28.2 Å². The summed E-state index contributed by atoms with van der Waals surface area (Å²) >= 11 is 1.87. The Morgan fingerprint density at radius 3 is 2.75 bits per heavy atom. The fourth-order valence-electron chi connectivity index (χ4n) is 2.53. The lowest BCUT2D eigenvalue weighted by atomic mass is 10.1. The monoisotopic (exact) mass is 235 g/mol. The molecule has 0 radical (unpaired) electrons. The van der Waals surface area contributed by atoms with Gasteiger partial charge in [0, 0.05) is 15.8 Å². The van der Waals surface area contributed by atoms with Crippen LogP contribution in [-0.4, -0.2) is 23.4 Å². The van der Waals surface area contributed by atoms with Crippen molar-refractivity contribution in [1.82, 2.24) is 4.90 Å². The van der Waals surface area contributed by atoms with Gasteiger partial charge in [-0.05, 0) is 38.3 Å². The Morgan fingerprint density at radius 1 is 1.44 bits per heavy atom. The Labute approximate surface area is 100.0 Å². The second kappa shape index (κ2) is 3.48. The molecule has 2 aliphatic rings. The van der Waals surface area contributed by atoms with Crippen molar-refractivity contribution in [2.45, 2.75) is 38.8 Å². The summed E-state index contributed by atoms with van der Waals surface area (Å²) in [5.41, 5.74) is 7.41. The van der Waals surface area contributed by atoms with Gasteiger partial charge in [-0.2, -0.15) is 0 Å². The third kappa shape index (κ3) is 1.52. The molecule has 1 fully saturated rings. The van der Waals surface area contributed by atoms with E-state index < -0.39 is 0 Å². The van der Waals surface area contributed by atoms with Gasteiger partial charge in [0.05, 0.1) is 12.6 Å². The zero-order valence-electron chi connectivity index (χ0n) is 9.73. The predicted octanol–water partition coefficient (Wildman–Crippen LogP) is 2.20. The molecule has 3 rings (SSSR count). The Balaban J connectivity index is 1.92. The topological polar surface area (TPSA) is 41.6 Å². The zero-order valence-corrected chi connectivity index (χ0v) is 10.5. The summed E-state index contributed by atoms with van der Waals surface area (Å²) in [6.45, 7) is 5.20. The fraction of sp³-hybridized carbons (Fsp3) is 0.583. The van der Waals surface area contributed by atoms with E-state index in [0.717, 1.165) is 12.5 Å². The van der Waals surface area contributed by atoms with E-state index in [-0.39, 0.29) is 0 Å². The van der Waals surface area contributed by atoms with Crippen LogP contribution in [0.5, 0.6) is 0 Å². The van der Waals surface area contributed by atoms with Gasteiger partial charge in [-0.25, -0.2) is 0 Å². The molecule has 3 nitrogen and oxygen atoms in total. The lowest BCUT2D eigenvalue weighted by molar-refractivity contribution is 0.337. The second-order valence-corrected chi connectivity index (χ2v) is 6.18. The van der Waals surface area contributed by atoms with Crippen molar-refractivity contribution in [2.24, 2.45) is 10.7 Å². The molecule has 1 aromatic heterocycles. The molecule has 16 heavy (non-hydrogen) atoms. The van der Waals surface area contributed by atoms with Gasteiger partial charge in [0.25, 0.3) is 0 Å². The van der Waals surface area contributed by atoms with Crippen LogP contribution >= 0.6 is 11.3 Å². The Morgan fingerprint density at radius 2 is 2.19 bits per heavy atom. The van der Waals surface area contributed by atoms with Gasteiger partial charge in [0.2, 0.25) is 0 Å². The van der Waals surface area contributed by atoms with Gasteiger partial charge < -0.3 is 10.6 Å². The number of aryl methyl sites for hydroxylation is 2. The summed E-state index contributed by atoms with van der Waals surface area (Å²) in [6, 6.07) is 3.35. The molecule has 0 spiro atoms. The molecule has 1 aliphatic carbocycles. The molecule has 1 aromatic rings. The molecule has 1 saturated carbocycles. The standard InChI is InChI=1S/C12H17N3S/c1-7-5-10(8(2)16-7)11-6-14-12(13)15(11)9-3-4-9/h5,9,11H,3-4,6H2,1-2H3,(H2,13,14). The van der Waals surface area contributed by atoms with Crippen molar-refractivity contribution >= 4 is 17.3 Å². The van der Waals surface area contributed by atoms with Crippen LogP contribution in [0.3, 0.4) is 0 Å². The molecule has 2 heterocycles. The minimum absolute atomic E-state index is 0.400. The summed E-state index contributed by atoms with van der Waals surface area (Å²) in [7, 11) is 0. The van der Waals surface area contributed by atoms with Crippen molar-refractivity contribution in [3.8, 4) is 0 Å². The van der Waals surface area contributed by atoms with E-state index in [4.69, 9.17) is 5.73 Å². The quantitative estimate of drug-likeness (QED) is 0.854. The Bertz CT molecular complexity index is 445. The van der Waals surface area contributed by atoms with Crippen molar-refractivity contribution in [3.05, 3.63) is 21.4 Å². The van der Waals surface area contributed by atoms with Crippen LogP contribution < -0.4 is 5.73 Å². The van der Waals surface area contributed by atoms with E-state index in [1.54, 1.807) is 0 Å². The van der Waals surface area contributed by atoms with E-state index >= 15 is 0 Å². The van der Waals surface area contributed by atoms with E-state index in [0.29, 0.717) is 12.1 Å². The third-order valence-corrected chi connectivity index (χ3v) is 4.39. The van der Waals surface area contributed by atoms with Gasteiger partial charge in [-0.3, -0.25) is 4.99 Å². The maximum Gasteiger partial charge on any atom is 0.192 e. The maximum absolute atomic E-state index is 5.98. The maximum atomic E-state index is 5.98. The fourth-order valence-corrected chi connectivity index (χ4v) is 3.51. The lowest BCUT2D eigenvalue weighted by Crippen LogP contribution is -2.37. The lowest BCUT2D eigenvalue weighted by Gasteiger charge is -2.26. The average molecular weight is 235 g/mol. The number of hydrogen-bond acceptors (Lipinski definition) is 4. The van der Waals surface area contributed by atoms with E-state index in [1.807, 2.05) is 11.3 Å². The first-order chi connectivity index (χ1) is 7.66. The molecule has 0 amide bonds. The summed E-state index contributed by atoms with van der Waals surface area (Å²) in [5.74, 6) is 0.746. The number of nitrogens with zero attached hydrogens (tertiary/aromatic N) is 2. The molecule has 1 unspecified atom stereocenters. The summed E-state index contributed by atoms with van der Waals surface area (Å²) in [5, 5.41) is 0. The molecular formula is C12H17N3S. The van der Waals surface area contributed by atoms with Crippen LogP contribution in [0.4, 0.5) is 0 Å². The summed E-state index contributed by atoms with van der Waals surface area (Å²) in [4.78, 5) is 9.54. The number of nitrogens with two attached hydrogens (primary N) is 1. The number of rotatable bonds is 2. The largest absolute Gasteiger partial charge is 0.370 e. The highest BCUT2D eigenvalue weighted by Gasteiger charge is 2.39. The normalized spacial score (nSPS) is 25.0. The van der Waals surface area contributed by atoms with Crippen molar-refractivity contribution in [2.75, 3.05) is 6.54 Å². The van der Waals surface area contributed by atoms with E-state index in [2.05, 4.69) is 29.8 Å². The van der Waals surface area contributed by atoms with E-state index in [9.17, 15) is 0 Å². The number of aliphatic imine (C=N–C) groups is 1. The Kier molecular flexibility index (Phi) is 2.21. The molecule has 0 bridgehead atoms. The first-order valence-electron chi connectivity index (χ1n) is 5.82. The van der Waals surface area contributed by atoms with Crippen LogP contribution in [0, 0.1) is 13.8 Å². The average Bonchev–Trinajstić information content (AvgIpc) is 2.91. The highest BCUT2D eigenvalue weighted by Crippen LogP contribution is 2.39. The van der Waals surface area contributed by atoms with Gasteiger partial charge in [-0.1, -0.05) is 0 Å². The second-order valence-electron chi connectivity index (χ2n) is 4.72. The van der Waals surface area contributed by atoms with Crippen LogP contribution in [-0.2, 0) is 0 Å². The van der Waals surface area contributed by atoms with Gasteiger partial charge in [0.1, 0.15) is 0 Å². The molecule has 86 valence electrons. The van der Waals surface area contributed by atoms with Crippen LogP contribution in [0.15, 0.2) is 11.1 Å². The van der Waals surface area contributed by atoms with Crippen molar-refractivity contribution in [1.29, 1.82) is 0 Å². The number of hydrogen-bond donors (Lipinski definition) is 1. The van der Waals surface area contributed by atoms with Crippen LogP contribution in [0.25, 0.3) is 0 Å². The SMILES string of the molecule is Cc1cc(C2CN=C(N)N2C2CC2)c(C)s1. The molecule has 2 N–H and O–H groups in total.